The van der Waals surface area contributed by atoms with Gasteiger partial charge in [-0.1, -0.05) is 0 Å². The fourth-order valence-corrected chi connectivity index (χ4v) is 0.764. The van der Waals surface area contributed by atoms with Crippen LogP contribution in [-0.2, 0) is 4.89 Å². The van der Waals surface area contributed by atoms with Crippen molar-refractivity contribution in [2.75, 3.05) is 0 Å². The Kier molecular flexibility index (Phi) is 3.53. The van der Waals surface area contributed by atoms with Crippen LogP contribution >= 0.6 is 11.6 Å². The average Bonchev–Trinajstić information content (AvgIpc) is 2.23. The van der Waals surface area contributed by atoms with Crippen molar-refractivity contribution >= 4 is 17.0 Å². The second-order valence-electron chi connectivity index (χ2n) is 2.30. The topological polar surface area (TPSA) is 35.5 Å². The smallest absolute Gasteiger partial charge is 0.279 e. The lowest BCUT2D eigenvalue weighted by Crippen LogP contribution is -2.08. The van der Waals surface area contributed by atoms with E-state index in [-0.39, 0.29) is 0 Å². The van der Waals surface area contributed by atoms with E-state index in [1.165, 1.54) is 0 Å². The Morgan fingerprint density at radius 1 is 0.875 bits per heavy atom. The van der Waals surface area contributed by atoms with E-state index in [0.29, 0.717) is 0 Å². The van der Waals surface area contributed by atoms with Crippen molar-refractivity contribution in [2.24, 2.45) is 0 Å². The summed E-state index contributed by atoms with van der Waals surface area (Å²) in [6.07, 6.45) is 0. The van der Waals surface area contributed by atoms with Gasteiger partial charge in [0.1, 0.15) is 0 Å². The highest BCUT2D eigenvalue weighted by Gasteiger charge is 2.28. The summed E-state index contributed by atoms with van der Waals surface area (Å²) in [4.78, 5) is 17.0. The Labute approximate surface area is 89.2 Å². The highest BCUT2D eigenvalue weighted by atomic mass is 35.5. The van der Waals surface area contributed by atoms with E-state index in [0.717, 1.165) is 0 Å². The van der Waals surface area contributed by atoms with Crippen LogP contribution in [0.3, 0.4) is 0 Å². The minimum atomic E-state index is -2.36. The molecule has 0 unspecified atom stereocenters. The second-order valence-corrected chi connectivity index (χ2v) is 2.61. The molecule has 1 rings (SSSR count). The maximum atomic E-state index is 12.8. The second kappa shape index (κ2) is 4.52. The van der Waals surface area contributed by atoms with Gasteiger partial charge in [0.05, 0.1) is 0 Å². The number of hydrogen-bond acceptors (Lipinski definition) is 3. The SMILES string of the molecule is O=C(Cl)OOc1c(F)c(F)c(F)c(F)c1F. The van der Waals surface area contributed by atoms with E-state index in [2.05, 4.69) is 21.4 Å². The van der Waals surface area contributed by atoms with Gasteiger partial charge in [-0.05, 0) is 0 Å². The Hall–Kier alpha value is -1.57. The molecule has 0 aliphatic heterocycles. The number of carbonyl (C=O) groups excluding carboxylic acids is 1. The van der Waals surface area contributed by atoms with Gasteiger partial charge >= 0.3 is 5.43 Å². The molecule has 1 aromatic rings. The molecule has 0 N–H and O–H groups in total. The van der Waals surface area contributed by atoms with Crippen LogP contribution in [0.4, 0.5) is 26.7 Å². The molecule has 0 saturated heterocycles. The molecule has 0 amide bonds. The summed E-state index contributed by atoms with van der Waals surface area (Å²) in [6.45, 7) is 0. The van der Waals surface area contributed by atoms with Crippen molar-refractivity contribution < 1.29 is 36.5 Å². The predicted octanol–water partition coefficient (Wildman–Crippen LogP) is 3.05. The minimum absolute atomic E-state index is 1.65. The minimum Gasteiger partial charge on any atom is -0.279 e. The molecule has 0 bridgehead atoms. The lowest BCUT2D eigenvalue weighted by Gasteiger charge is -2.06. The van der Waals surface area contributed by atoms with Gasteiger partial charge in [0.2, 0.25) is 29.1 Å². The van der Waals surface area contributed by atoms with E-state index in [9.17, 15) is 26.7 Å². The van der Waals surface area contributed by atoms with Crippen molar-refractivity contribution in [3.63, 3.8) is 0 Å². The largest absolute Gasteiger partial charge is 0.448 e. The fourth-order valence-electron chi connectivity index (χ4n) is 0.732. The average molecular weight is 263 g/mol. The molecule has 0 aromatic heterocycles. The molecule has 0 heterocycles. The standard InChI is InChI=1S/C7ClF5O3/c8-7(14)16-15-6-4(12)2(10)1(9)3(11)5(6)13. The van der Waals surface area contributed by atoms with Gasteiger partial charge in [0, 0.05) is 11.6 Å². The Morgan fingerprint density at radius 2 is 1.25 bits per heavy atom. The molecule has 0 aliphatic rings. The lowest BCUT2D eigenvalue weighted by atomic mass is 10.3. The zero-order chi connectivity index (χ0) is 12.5. The predicted molar refractivity (Wildman–Crippen MR) is 39.2 cm³/mol. The van der Waals surface area contributed by atoms with Gasteiger partial charge in [-0.25, -0.2) is 22.9 Å². The third-order valence-corrected chi connectivity index (χ3v) is 1.42. The van der Waals surface area contributed by atoms with Crippen LogP contribution in [0.2, 0.25) is 0 Å². The van der Waals surface area contributed by atoms with Gasteiger partial charge in [-0.3, -0.25) is 4.89 Å². The molecule has 0 saturated carbocycles. The summed E-state index contributed by atoms with van der Waals surface area (Å²) < 4.78 is 63.1. The molecular weight excluding hydrogens is 263 g/mol. The summed E-state index contributed by atoms with van der Waals surface area (Å²) in [7, 11) is 0. The van der Waals surface area contributed by atoms with Crippen LogP contribution in [0.15, 0.2) is 0 Å². The first-order chi connectivity index (χ1) is 7.36. The van der Waals surface area contributed by atoms with Crippen molar-refractivity contribution in [3.8, 4) is 5.75 Å². The summed E-state index contributed by atoms with van der Waals surface area (Å²) >= 11 is 4.55. The van der Waals surface area contributed by atoms with E-state index in [4.69, 9.17) is 0 Å². The molecule has 0 atom stereocenters. The van der Waals surface area contributed by atoms with E-state index in [1.54, 1.807) is 0 Å². The maximum Gasteiger partial charge on any atom is 0.448 e. The molecule has 9 heteroatoms. The molecule has 88 valence electrons. The third kappa shape index (κ3) is 2.16. The normalized spacial score (nSPS) is 10.1. The number of halogens is 6. The van der Waals surface area contributed by atoms with Crippen LogP contribution in [0, 0.1) is 29.1 Å². The molecular formula is C7ClF5O3. The number of hydrogen-bond donors (Lipinski definition) is 0. The van der Waals surface area contributed by atoms with Crippen LogP contribution in [0.5, 0.6) is 5.75 Å². The van der Waals surface area contributed by atoms with Crippen LogP contribution in [-0.4, -0.2) is 5.43 Å². The zero-order valence-corrected chi connectivity index (χ0v) is 7.75. The van der Waals surface area contributed by atoms with E-state index in [1.807, 2.05) is 0 Å². The molecule has 0 spiro atoms. The monoisotopic (exact) mass is 262 g/mol. The number of rotatable bonds is 2. The fraction of sp³-hybridized carbons (Fsp3) is 0. The summed E-state index contributed by atoms with van der Waals surface area (Å²) in [5.74, 6) is -13.2. The first kappa shape index (κ1) is 12.5. The summed E-state index contributed by atoms with van der Waals surface area (Å²) in [5.41, 5.74) is -1.65. The molecule has 0 aliphatic carbocycles. The van der Waals surface area contributed by atoms with Crippen LogP contribution in [0.25, 0.3) is 0 Å². The Balaban J connectivity index is 3.23. The number of benzene rings is 1. The summed E-state index contributed by atoms with van der Waals surface area (Å²) in [5, 5.41) is 0. The van der Waals surface area contributed by atoms with Crippen molar-refractivity contribution in [1.82, 2.24) is 0 Å². The molecule has 3 nitrogen and oxygen atoms in total. The van der Waals surface area contributed by atoms with Crippen molar-refractivity contribution in [3.05, 3.63) is 29.1 Å². The zero-order valence-electron chi connectivity index (χ0n) is 6.99. The van der Waals surface area contributed by atoms with Gasteiger partial charge in [-0.2, -0.15) is 8.78 Å². The highest BCUT2D eigenvalue weighted by molar-refractivity contribution is 6.61. The molecule has 1 aromatic carbocycles. The first-order valence-electron chi connectivity index (χ1n) is 3.41. The third-order valence-electron chi connectivity index (χ3n) is 1.36. The first-order valence-corrected chi connectivity index (χ1v) is 3.79. The van der Waals surface area contributed by atoms with E-state index < -0.39 is 40.3 Å². The van der Waals surface area contributed by atoms with Gasteiger partial charge in [-0.15, -0.1) is 0 Å². The van der Waals surface area contributed by atoms with Crippen LogP contribution < -0.4 is 4.89 Å². The van der Waals surface area contributed by atoms with Gasteiger partial charge in [0.25, 0.3) is 5.75 Å². The summed E-state index contributed by atoms with van der Waals surface area (Å²) in [6, 6.07) is 0. The lowest BCUT2D eigenvalue weighted by molar-refractivity contribution is -0.137. The van der Waals surface area contributed by atoms with Gasteiger partial charge in [0.15, 0.2) is 0 Å². The number of carbonyl (C=O) groups is 1. The Bertz CT molecular complexity index is 421. The van der Waals surface area contributed by atoms with E-state index >= 15 is 0 Å². The quantitative estimate of drug-likeness (QED) is 0.205. The van der Waals surface area contributed by atoms with Crippen molar-refractivity contribution in [2.45, 2.75) is 0 Å². The van der Waals surface area contributed by atoms with Gasteiger partial charge < -0.3 is 0 Å². The van der Waals surface area contributed by atoms with Crippen molar-refractivity contribution in [1.29, 1.82) is 0 Å². The maximum absolute atomic E-state index is 12.8. The molecule has 16 heavy (non-hydrogen) atoms. The molecule has 0 fully saturated rings. The highest BCUT2D eigenvalue weighted by Crippen LogP contribution is 2.29. The molecule has 0 radical (unpaired) electrons. The Morgan fingerprint density at radius 3 is 1.62 bits per heavy atom. The van der Waals surface area contributed by atoms with Crippen LogP contribution in [0.1, 0.15) is 0 Å².